The van der Waals surface area contributed by atoms with Crippen LogP contribution < -0.4 is 0 Å². The molecule has 0 aliphatic carbocycles. The van der Waals surface area contributed by atoms with Gasteiger partial charge in [-0.3, -0.25) is 9.59 Å². The molecule has 0 radical (unpaired) electrons. The minimum Gasteiger partial charge on any atom is -0.465 e. The minimum absolute atomic E-state index is 0.351. The molecule has 0 aliphatic rings. The van der Waals surface area contributed by atoms with Crippen molar-refractivity contribution >= 4 is 11.9 Å². The van der Waals surface area contributed by atoms with Gasteiger partial charge in [-0.25, -0.2) is 0 Å². The van der Waals surface area contributed by atoms with E-state index < -0.39 is 17.4 Å². The molecule has 118 valence electrons. The molecule has 0 rings (SSSR count). The Labute approximate surface area is 123 Å². The van der Waals surface area contributed by atoms with E-state index in [4.69, 9.17) is 9.47 Å². The fourth-order valence-electron chi connectivity index (χ4n) is 1.95. The van der Waals surface area contributed by atoms with Gasteiger partial charge in [0.1, 0.15) is 0 Å². The summed E-state index contributed by atoms with van der Waals surface area (Å²) in [7, 11) is 0. The number of hydrogen-bond acceptors (Lipinski definition) is 4. The summed E-state index contributed by atoms with van der Waals surface area (Å²) in [5.41, 5.74) is -1.13. The molecule has 0 aliphatic heterocycles. The van der Waals surface area contributed by atoms with E-state index >= 15 is 0 Å². The molecule has 4 heteroatoms. The molecule has 0 heterocycles. The Morgan fingerprint density at radius 3 is 1.70 bits per heavy atom. The molecule has 0 saturated carbocycles. The Hall–Kier alpha value is -1.06. The number of rotatable bonds is 10. The summed E-state index contributed by atoms with van der Waals surface area (Å²) in [6, 6.07) is 0. The highest BCUT2D eigenvalue weighted by Gasteiger charge is 2.47. The third-order valence-electron chi connectivity index (χ3n) is 3.41. The molecule has 0 aromatic heterocycles. The molecule has 0 unspecified atom stereocenters. The third-order valence-corrected chi connectivity index (χ3v) is 3.41. The Kier molecular flexibility index (Phi) is 9.26. The molecule has 0 fully saturated rings. The summed E-state index contributed by atoms with van der Waals surface area (Å²) in [5.74, 6) is -0.425. The molecule has 4 nitrogen and oxygen atoms in total. The highest BCUT2D eigenvalue weighted by molar-refractivity contribution is 6.00. The standard InChI is InChI=1S/C16H30O4/c1-6-11-19-14(17)16(8-3,10-9-13(4)5)15(18)20-12-7-2/h13H,6-12H2,1-5H3. The van der Waals surface area contributed by atoms with E-state index in [2.05, 4.69) is 13.8 Å². The van der Waals surface area contributed by atoms with E-state index in [1.165, 1.54) is 0 Å². The van der Waals surface area contributed by atoms with Crippen LogP contribution in [0.2, 0.25) is 0 Å². The highest BCUT2D eigenvalue weighted by atomic mass is 16.6. The first-order valence-electron chi connectivity index (χ1n) is 7.79. The van der Waals surface area contributed by atoms with Gasteiger partial charge < -0.3 is 9.47 Å². The van der Waals surface area contributed by atoms with Crippen molar-refractivity contribution in [3.05, 3.63) is 0 Å². The van der Waals surface area contributed by atoms with Crippen molar-refractivity contribution in [1.29, 1.82) is 0 Å². The minimum atomic E-state index is -1.13. The molecule has 20 heavy (non-hydrogen) atoms. The molecule has 0 saturated heterocycles. The number of ether oxygens (including phenoxy) is 2. The second kappa shape index (κ2) is 9.78. The number of hydrogen-bond donors (Lipinski definition) is 0. The second-order valence-electron chi connectivity index (χ2n) is 5.64. The molecule has 0 atom stereocenters. The summed E-state index contributed by atoms with van der Waals surface area (Å²) in [4.78, 5) is 24.7. The zero-order chi connectivity index (χ0) is 15.6. The Balaban J connectivity index is 5.04. The summed E-state index contributed by atoms with van der Waals surface area (Å²) in [6.45, 7) is 10.6. The van der Waals surface area contributed by atoms with E-state index in [0.29, 0.717) is 32.0 Å². The van der Waals surface area contributed by atoms with Crippen molar-refractivity contribution in [3.63, 3.8) is 0 Å². The average molecular weight is 286 g/mol. The maximum absolute atomic E-state index is 12.3. The Morgan fingerprint density at radius 2 is 1.40 bits per heavy atom. The van der Waals surface area contributed by atoms with Crippen LogP contribution in [0.3, 0.4) is 0 Å². The fraction of sp³-hybridized carbons (Fsp3) is 0.875. The lowest BCUT2D eigenvalue weighted by molar-refractivity contribution is -0.174. The van der Waals surface area contributed by atoms with Crippen LogP contribution >= 0.6 is 0 Å². The van der Waals surface area contributed by atoms with Gasteiger partial charge in [-0.2, -0.15) is 0 Å². The van der Waals surface area contributed by atoms with Crippen LogP contribution in [0.25, 0.3) is 0 Å². The molecule has 0 aromatic rings. The number of esters is 2. The van der Waals surface area contributed by atoms with Crippen molar-refractivity contribution < 1.29 is 19.1 Å². The van der Waals surface area contributed by atoms with Crippen molar-refractivity contribution in [1.82, 2.24) is 0 Å². The van der Waals surface area contributed by atoms with Crippen LogP contribution in [0.1, 0.15) is 66.7 Å². The van der Waals surface area contributed by atoms with Gasteiger partial charge >= 0.3 is 11.9 Å². The SMILES string of the molecule is CCCOC(=O)C(CC)(CCC(C)C)C(=O)OCCC. The lowest BCUT2D eigenvalue weighted by Crippen LogP contribution is -2.42. The smallest absolute Gasteiger partial charge is 0.323 e. The summed E-state index contributed by atoms with van der Waals surface area (Å²) >= 11 is 0. The van der Waals surface area contributed by atoms with Gasteiger partial charge in [0, 0.05) is 0 Å². The topological polar surface area (TPSA) is 52.6 Å². The maximum atomic E-state index is 12.3. The van der Waals surface area contributed by atoms with Gasteiger partial charge in [0.25, 0.3) is 0 Å². The predicted octanol–water partition coefficient (Wildman–Crippen LogP) is 3.73. The van der Waals surface area contributed by atoms with Crippen molar-refractivity contribution in [2.45, 2.75) is 66.7 Å². The third kappa shape index (κ3) is 5.51. The van der Waals surface area contributed by atoms with Crippen LogP contribution in [-0.4, -0.2) is 25.2 Å². The molecule has 0 bridgehead atoms. The lowest BCUT2D eigenvalue weighted by atomic mass is 9.79. The van der Waals surface area contributed by atoms with Gasteiger partial charge in [-0.15, -0.1) is 0 Å². The van der Waals surface area contributed by atoms with Crippen molar-refractivity contribution in [3.8, 4) is 0 Å². The van der Waals surface area contributed by atoms with Gasteiger partial charge in [0.15, 0.2) is 5.41 Å². The molecule has 0 spiro atoms. The average Bonchev–Trinajstić information content (AvgIpc) is 2.43. The first kappa shape index (κ1) is 18.9. The van der Waals surface area contributed by atoms with E-state index in [1.807, 2.05) is 20.8 Å². The normalized spacial score (nSPS) is 11.5. The zero-order valence-corrected chi connectivity index (χ0v) is 13.7. The molecular formula is C16H30O4. The van der Waals surface area contributed by atoms with Gasteiger partial charge in [-0.1, -0.05) is 34.6 Å². The molecule has 0 amide bonds. The van der Waals surface area contributed by atoms with Gasteiger partial charge in [-0.05, 0) is 38.0 Å². The Morgan fingerprint density at radius 1 is 0.950 bits per heavy atom. The van der Waals surface area contributed by atoms with Gasteiger partial charge in [0.2, 0.25) is 0 Å². The number of carbonyl (C=O) groups is 2. The van der Waals surface area contributed by atoms with Crippen molar-refractivity contribution in [2.24, 2.45) is 11.3 Å². The van der Waals surface area contributed by atoms with Crippen LogP contribution in [0.5, 0.6) is 0 Å². The fourth-order valence-corrected chi connectivity index (χ4v) is 1.95. The molecular weight excluding hydrogens is 256 g/mol. The summed E-state index contributed by atoms with van der Waals surface area (Å²) in [5, 5.41) is 0. The summed E-state index contributed by atoms with van der Waals surface area (Å²) < 4.78 is 10.5. The highest BCUT2D eigenvalue weighted by Crippen LogP contribution is 2.33. The predicted molar refractivity (Wildman–Crippen MR) is 79.3 cm³/mol. The zero-order valence-electron chi connectivity index (χ0n) is 13.7. The van der Waals surface area contributed by atoms with Crippen molar-refractivity contribution in [2.75, 3.05) is 13.2 Å². The van der Waals surface area contributed by atoms with Crippen LogP contribution in [0, 0.1) is 11.3 Å². The van der Waals surface area contributed by atoms with E-state index in [-0.39, 0.29) is 0 Å². The van der Waals surface area contributed by atoms with E-state index in [0.717, 1.165) is 19.3 Å². The van der Waals surface area contributed by atoms with E-state index in [9.17, 15) is 9.59 Å². The Bertz CT molecular complexity index is 277. The maximum Gasteiger partial charge on any atom is 0.323 e. The summed E-state index contributed by atoms with van der Waals surface area (Å²) in [6.07, 6.45) is 3.22. The lowest BCUT2D eigenvalue weighted by Gasteiger charge is -2.28. The van der Waals surface area contributed by atoms with Crippen LogP contribution in [-0.2, 0) is 19.1 Å². The monoisotopic (exact) mass is 286 g/mol. The first-order chi connectivity index (χ1) is 9.44. The van der Waals surface area contributed by atoms with Crippen LogP contribution in [0.15, 0.2) is 0 Å². The molecule has 0 N–H and O–H groups in total. The molecule has 0 aromatic carbocycles. The largest absolute Gasteiger partial charge is 0.465 e. The first-order valence-corrected chi connectivity index (χ1v) is 7.79. The van der Waals surface area contributed by atoms with E-state index in [1.54, 1.807) is 0 Å². The quantitative estimate of drug-likeness (QED) is 0.453. The van der Waals surface area contributed by atoms with Crippen LogP contribution in [0.4, 0.5) is 0 Å². The van der Waals surface area contributed by atoms with Gasteiger partial charge in [0.05, 0.1) is 13.2 Å². The second-order valence-corrected chi connectivity index (χ2v) is 5.64. The number of carbonyl (C=O) groups excluding carboxylic acids is 2.